The number of hydrogen-bond donors (Lipinski definition) is 1. The highest BCUT2D eigenvalue weighted by atomic mass is 32.1. The molecule has 1 amide bonds. The zero-order chi connectivity index (χ0) is 17.2. The van der Waals surface area contributed by atoms with Crippen molar-refractivity contribution in [1.82, 2.24) is 9.88 Å². The van der Waals surface area contributed by atoms with Gasteiger partial charge in [-0.2, -0.15) is 0 Å². The van der Waals surface area contributed by atoms with Gasteiger partial charge in [-0.1, -0.05) is 19.9 Å². The van der Waals surface area contributed by atoms with E-state index in [2.05, 4.69) is 18.8 Å². The maximum absolute atomic E-state index is 12.8. The third kappa shape index (κ3) is 3.76. The Balaban J connectivity index is 1.68. The van der Waals surface area contributed by atoms with Crippen LogP contribution in [0.5, 0.6) is 5.75 Å². The van der Waals surface area contributed by atoms with Gasteiger partial charge in [0.1, 0.15) is 12.4 Å². The molecule has 5 nitrogen and oxygen atoms in total. The maximum Gasteiger partial charge on any atom is 0.254 e. The third-order valence-corrected chi connectivity index (χ3v) is 5.19. The van der Waals surface area contributed by atoms with Gasteiger partial charge in [0.25, 0.3) is 5.91 Å². The molecule has 1 saturated heterocycles. The van der Waals surface area contributed by atoms with E-state index in [-0.39, 0.29) is 17.4 Å². The molecule has 2 N–H and O–H groups in total. The minimum absolute atomic E-state index is 0.0362. The van der Waals surface area contributed by atoms with Crippen LogP contribution in [0.2, 0.25) is 0 Å². The normalized spacial score (nSPS) is 20.0. The van der Waals surface area contributed by atoms with Crippen LogP contribution >= 0.6 is 11.3 Å². The lowest BCUT2D eigenvalue weighted by molar-refractivity contribution is 0.0532. The standard InChI is InChI=1S/C18H23N3O2S/c1-18(2)11-21(7-6-16(18)19)17(22)13-4-3-5-15(8-13)23-9-14-10-24-12-20-14/h3-5,8,10,12,16H,6-7,9,11,19H2,1-2H3. The number of nitrogens with two attached hydrogens (primary N) is 1. The SMILES string of the molecule is CC1(C)CN(C(=O)c2cccc(OCc3cscn3)c2)CCC1N. The van der Waals surface area contributed by atoms with Gasteiger partial charge in [0.2, 0.25) is 0 Å². The number of rotatable bonds is 4. The van der Waals surface area contributed by atoms with Crippen molar-refractivity contribution in [2.75, 3.05) is 13.1 Å². The first-order valence-electron chi connectivity index (χ1n) is 8.10. The first-order chi connectivity index (χ1) is 11.5. The first-order valence-corrected chi connectivity index (χ1v) is 9.05. The molecule has 2 aromatic rings. The molecule has 1 atom stereocenters. The van der Waals surface area contributed by atoms with Gasteiger partial charge in [0.15, 0.2) is 0 Å². The molecule has 3 rings (SSSR count). The average molecular weight is 345 g/mol. The van der Waals surface area contributed by atoms with E-state index in [0.717, 1.165) is 12.1 Å². The fourth-order valence-electron chi connectivity index (χ4n) is 2.91. The molecule has 1 unspecified atom stereocenters. The molecule has 0 bridgehead atoms. The summed E-state index contributed by atoms with van der Waals surface area (Å²) in [5.41, 5.74) is 9.42. The van der Waals surface area contributed by atoms with E-state index in [9.17, 15) is 4.79 Å². The van der Waals surface area contributed by atoms with Crippen LogP contribution in [0.4, 0.5) is 0 Å². The fraction of sp³-hybridized carbons (Fsp3) is 0.444. The van der Waals surface area contributed by atoms with E-state index >= 15 is 0 Å². The van der Waals surface area contributed by atoms with Crippen molar-refractivity contribution < 1.29 is 9.53 Å². The second-order valence-corrected chi connectivity index (χ2v) is 7.63. The number of piperidine rings is 1. The molecule has 0 spiro atoms. The van der Waals surface area contributed by atoms with Crippen molar-refractivity contribution in [3.63, 3.8) is 0 Å². The summed E-state index contributed by atoms with van der Waals surface area (Å²) in [5.74, 6) is 0.718. The van der Waals surface area contributed by atoms with E-state index in [4.69, 9.17) is 10.5 Å². The monoisotopic (exact) mass is 345 g/mol. The number of amides is 1. The zero-order valence-corrected chi connectivity index (χ0v) is 14.9. The number of hydrogen-bond acceptors (Lipinski definition) is 5. The van der Waals surface area contributed by atoms with Gasteiger partial charge in [-0.25, -0.2) is 4.98 Å². The molecule has 2 heterocycles. The lowest BCUT2D eigenvalue weighted by Crippen LogP contribution is -2.53. The average Bonchev–Trinajstić information content (AvgIpc) is 3.08. The Morgan fingerprint density at radius 3 is 3.04 bits per heavy atom. The van der Waals surface area contributed by atoms with Gasteiger partial charge >= 0.3 is 0 Å². The molecule has 1 fully saturated rings. The number of nitrogens with zero attached hydrogens (tertiary/aromatic N) is 2. The number of thiazole rings is 1. The molecule has 0 saturated carbocycles. The van der Waals surface area contributed by atoms with Crippen molar-refractivity contribution in [2.45, 2.75) is 32.9 Å². The van der Waals surface area contributed by atoms with Crippen LogP contribution < -0.4 is 10.5 Å². The summed E-state index contributed by atoms with van der Waals surface area (Å²) >= 11 is 1.54. The van der Waals surface area contributed by atoms with Crippen LogP contribution in [0, 0.1) is 5.41 Å². The Hall–Kier alpha value is -1.92. The molecule has 1 aromatic carbocycles. The molecule has 1 aromatic heterocycles. The predicted molar refractivity (Wildman–Crippen MR) is 95.2 cm³/mol. The minimum Gasteiger partial charge on any atom is -0.487 e. The van der Waals surface area contributed by atoms with Gasteiger partial charge in [-0.3, -0.25) is 4.79 Å². The summed E-state index contributed by atoms with van der Waals surface area (Å²) in [6.45, 7) is 6.02. The van der Waals surface area contributed by atoms with E-state index in [0.29, 0.717) is 31.0 Å². The highest BCUT2D eigenvalue weighted by Crippen LogP contribution is 2.29. The van der Waals surface area contributed by atoms with E-state index in [1.807, 2.05) is 28.5 Å². The Morgan fingerprint density at radius 1 is 1.50 bits per heavy atom. The van der Waals surface area contributed by atoms with Gasteiger partial charge in [0.05, 0.1) is 11.2 Å². The van der Waals surface area contributed by atoms with Crippen LogP contribution in [0.3, 0.4) is 0 Å². The van der Waals surface area contributed by atoms with Crippen molar-refractivity contribution >= 4 is 17.2 Å². The number of aromatic nitrogens is 1. The van der Waals surface area contributed by atoms with Crippen LogP contribution in [0.25, 0.3) is 0 Å². The van der Waals surface area contributed by atoms with Crippen molar-refractivity contribution in [3.05, 3.63) is 46.4 Å². The smallest absolute Gasteiger partial charge is 0.254 e. The highest BCUT2D eigenvalue weighted by Gasteiger charge is 2.35. The summed E-state index contributed by atoms with van der Waals surface area (Å²) in [7, 11) is 0. The third-order valence-electron chi connectivity index (χ3n) is 4.55. The topological polar surface area (TPSA) is 68.5 Å². The molecule has 1 aliphatic heterocycles. The minimum atomic E-state index is -0.0629. The lowest BCUT2D eigenvalue weighted by atomic mass is 9.79. The van der Waals surface area contributed by atoms with Gasteiger partial charge in [-0.05, 0) is 30.0 Å². The highest BCUT2D eigenvalue weighted by molar-refractivity contribution is 7.07. The first kappa shape index (κ1) is 16.9. The molecular formula is C18H23N3O2S. The summed E-state index contributed by atoms with van der Waals surface area (Å²) in [6, 6.07) is 7.48. The zero-order valence-electron chi connectivity index (χ0n) is 14.1. The molecule has 0 radical (unpaired) electrons. The molecule has 24 heavy (non-hydrogen) atoms. The molecule has 128 valence electrons. The number of carbonyl (C=O) groups is 1. The Kier molecular flexibility index (Phi) is 4.87. The number of ether oxygens (including phenoxy) is 1. The van der Waals surface area contributed by atoms with Crippen LogP contribution in [-0.4, -0.2) is 34.9 Å². The fourth-order valence-corrected chi connectivity index (χ4v) is 3.46. The van der Waals surface area contributed by atoms with E-state index in [1.54, 1.807) is 11.6 Å². The van der Waals surface area contributed by atoms with Gasteiger partial charge in [-0.15, -0.1) is 11.3 Å². The van der Waals surface area contributed by atoms with Crippen molar-refractivity contribution in [1.29, 1.82) is 0 Å². The second kappa shape index (κ2) is 6.91. The molecular weight excluding hydrogens is 322 g/mol. The maximum atomic E-state index is 12.8. The van der Waals surface area contributed by atoms with Crippen molar-refractivity contribution in [3.8, 4) is 5.75 Å². The largest absolute Gasteiger partial charge is 0.487 e. The summed E-state index contributed by atoms with van der Waals surface area (Å²) < 4.78 is 5.74. The molecule has 0 aliphatic carbocycles. The Bertz CT molecular complexity index is 700. The lowest BCUT2D eigenvalue weighted by Gasteiger charge is -2.42. The van der Waals surface area contributed by atoms with Crippen LogP contribution in [0.1, 0.15) is 36.3 Å². The van der Waals surface area contributed by atoms with Gasteiger partial charge < -0.3 is 15.4 Å². The Labute approximate surface area is 146 Å². The molecule has 1 aliphatic rings. The second-order valence-electron chi connectivity index (χ2n) is 6.91. The summed E-state index contributed by atoms with van der Waals surface area (Å²) in [4.78, 5) is 18.9. The van der Waals surface area contributed by atoms with Gasteiger partial charge in [0, 0.05) is 30.1 Å². The summed E-state index contributed by atoms with van der Waals surface area (Å²) in [5, 5.41) is 1.95. The Morgan fingerprint density at radius 2 is 2.33 bits per heavy atom. The number of likely N-dealkylation sites (tertiary alicyclic amines) is 1. The number of benzene rings is 1. The molecule has 6 heteroatoms. The quantitative estimate of drug-likeness (QED) is 0.925. The van der Waals surface area contributed by atoms with Crippen LogP contribution in [0.15, 0.2) is 35.2 Å². The van der Waals surface area contributed by atoms with Crippen molar-refractivity contribution in [2.24, 2.45) is 11.1 Å². The summed E-state index contributed by atoms with van der Waals surface area (Å²) in [6.07, 6.45) is 0.832. The number of carbonyl (C=O) groups excluding carboxylic acids is 1. The van der Waals surface area contributed by atoms with E-state index in [1.165, 1.54) is 11.3 Å². The predicted octanol–water partition coefficient (Wildman–Crippen LogP) is 2.92. The van der Waals surface area contributed by atoms with Crippen LogP contribution in [-0.2, 0) is 6.61 Å². The van der Waals surface area contributed by atoms with E-state index < -0.39 is 0 Å².